The summed E-state index contributed by atoms with van der Waals surface area (Å²) in [6.45, 7) is 4.61. The van der Waals surface area contributed by atoms with Gasteiger partial charge in [0.05, 0.1) is 39.9 Å². The SMILES string of the molecule is CCCCCCC/C=C\C/C=C\CCCCCCCCCCCCCCCCCCCCCC(=O)NC(COP(=O)([O-])OCC[N+](C)(C)C)C(O)/C=C/CCCCCCCCC. The molecule has 0 aliphatic rings. The van der Waals surface area contributed by atoms with Gasteiger partial charge in [0.15, 0.2) is 0 Å². The minimum absolute atomic E-state index is 0.0000781. The number of allylic oxidation sites excluding steroid dienone is 5. The largest absolute Gasteiger partial charge is 0.756 e. The van der Waals surface area contributed by atoms with Crippen LogP contribution in [0.15, 0.2) is 36.5 Å². The summed E-state index contributed by atoms with van der Waals surface area (Å²) >= 11 is 0. The number of hydrogen-bond acceptors (Lipinski definition) is 6. The molecule has 0 spiro atoms. The maximum atomic E-state index is 12.9. The van der Waals surface area contributed by atoms with Crippen LogP contribution in [0.4, 0.5) is 0 Å². The maximum absolute atomic E-state index is 12.9. The number of aliphatic hydroxyl groups excluding tert-OH is 1. The minimum atomic E-state index is -4.58. The van der Waals surface area contributed by atoms with Gasteiger partial charge >= 0.3 is 0 Å². The lowest BCUT2D eigenvalue weighted by atomic mass is 10.0. The molecule has 0 aliphatic carbocycles. The maximum Gasteiger partial charge on any atom is 0.268 e. The second-order valence-electron chi connectivity index (χ2n) is 19.2. The average molecular weight is 895 g/mol. The van der Waals surface area contributed by atoms with Gasteiger partial charge in [0, 0.05) is 6.42 Å². The minimum Gasteiger partial charge on any atom is -0.756 e. The van der Waals surface area contributed by atoms with Crippen molar-refractivity contribution in [2.75, 3.05) is 40.9 Å². The van der Waals surface area contributed by atoms with E-state index < -0.39 is 20.0 Å². The van der Waals surface area contributed by atoms with Crippen LogP contribution in [-0.4, -0.2) is 68.5 Å². The summed E-state index contributed by atoms with van der Waals surface area (Å²) in [4.78, 5) is 25.3. The lowest BCUT2D eigenvalue weighted by molar-refractivity contribution is -0.870. The molecule has 0 radical (unpaired) electrons. The summed E-state index contributed by atoms with van der Waals surface area (Å²) in [5.41, 5.74) is 0. The van der Waals surface area contributed by atoms with Crippen LogP contribution in [0.25, 0.3) is 0 Å². The standard InChI is InChI=1S/C53H103N2O6P/c1-6-8-10-12-14-16-17-18-19-20-21-22-23-24-25-26-27-28-29-30-31-32-33-34-35-36-37-39-41-43-45-47-53(57)54-51(50-61-62(58,59)60-49-48-55(3,4)5)52(56)46-44-42-40-38-15-13-11-9-7-2/h17-18,20-21,44,46,51-52,56H,6-16,19,22-43,45,47-50H2,1-5H3,(H-,54,57,58,59)/b18-17-,21-20-,46-44+. The number of aliphatic hydroxyl groups is 1. The van der Waals surface area contributed by atoms with Crippen LogP contribution in [0.1, 0.15) is 245 Å². The zero-order chi connectivity index (χ0) is 45.7. The lowest BCUT2D eigenvalue weighted by Gasteiger charge is -2.29. The molecule has 0 saturated carbocycles. The van der Waals surface area contributed by atoms with Crippen LogP contribution in [0.5, 0.6) is 0 Å². The van der Waals surface area contributed by atoms with E-state index in [1.807, 2.05) is 27.2 Å². The highest BCUT2D eigenvalue weighted by molar-refractivity contribution is 7.45. The predicted octanol–water partition coefficient (Wildman–Crippen LogP) is 14.8. The van der Waals surface area contributed by atoms with E-state index in [9.17, 15) is 19.4 Å². The number of phosphoric acid groups is 1. The third-order valence-electron chi connectivity index (χ3n) is 11.8. The molecular weight excluding hydrogens is 792 g/mol. The number of likely N-dealkylation sites (N-methyl/N-ethyl adjacent to an activating group) is 1. The normalized spacial score (nSPS) is 14.4. The molecule has 0 aromatic rings. The van der Waals surface area contributed by atoms with Gasteiger partial charge in [-0.05, 0) is 51.4 Å². The molecular formula is C53H103N2O6P. The van der Waals surface area contributed by atoms with Crippen LogP contribution < -0.4 is 10.2 Å². The number of nitrogens with one attached hydrogen (secondary N) is 1. The van der Waals surface area contributed by atoms with Crippen molar-refractivity contribution in [1.82, 2.24) is 5.32 Å². The van der Waals surface area contributed by atoms with E-state index in [1.165, 1.54) is 180 Å². The quantitative estimate of drug-likeness (QED) is 0.0273. The molecule has 366 valence electrons. The first-order valence-corrected chi connectivity index (χ1v) is 27.8. The molecule has 3 unspecified atom stereocenters. The zero-order valence-corrected chi connectivity index (χ0v) is 42.5. The fourth-order valence-electron chi connectivity index (χ4n) is 7.65. The Kier molecular flexibility index (Phi) is 44.0. The monoisotopic (exact) mass is 895 g/mol. The van der Waals surface area contributed by atoms with Gasteiger partial charge in [-0.3, -0.25) is 9.36 Å². The van der Waals surface area contributed by atoms with E-state index in [4.69, 9.17) is 9.05 Å². The van der Waals surface area contributed by atoms with Gasteiger partial charge in [-0.15, -0.1) is 0 Å². The molecule has 0 heterocycles. The van der Waals surface area contributed by atoms with Crippen molar-refractivity contribution in [1.29, 1.82) is 0 Å². The first kappa shape index (κ1) is 60.7. The number of carbonyl (C=O) groups excluding carboxylic acids is 1. The van der Waals surface area contributed by atoms with Crippen LogP contribution in [-0.2, 0) is 18.4 Å². The van der Waals surface area contributed by atoms with Crippen LogP contribution in [0.3, 0.4) is 0 Å². The van der Waals surface area contributed by atoms with Gasteiger partial charge in [0.2, 0.25) is 5.91 Å². The Balaban J connectivity index is 3.96. The van der Waals surface area contributed by atoms with Gasteiger partial charge in [0.1, 0.15) is 13.2 Å². The van der Waals surface area contributed by atoms with Gasteiger partial charge in [-0.25, -0.2) is 0 Å². The van der Waals surface area contributed by atoms with E-state index in [2.05, 4.69) is 43.5 Å². The number of nitrogens with zero attached hydrogens (tertiary/aromatic N) is 1. The zero-order valence-electron chi connectivity index (χ0n) is 41.6. The fraction of sp³-hybridized carbons (Fsp3) is 0.868. The van der Waals surface area contributed by atoms with Crippen molar-refractivity contribution in [2.24, 2.45) is 0 Å². The smallest absolute Gasteiger partial charge is 0.268 e. The van der Waals surface area contributed by atoms with Crippen molar-refractivity contribution in [3.8, 4) is 0 Å². The number of unbranched alkanes of at least 4 members (excludes halogenated alkanes) is 31. The summed E-state index contributed by atoms with van der Waals surface area (Å²) in [6.07, 6.45) is 56.6. The average Bonchev–Trinajstić information content (AvgIpc) is 3.23. The number of phosphoric ester groups is 1. The third kappa shape index (κ3) is 46.7. The predicted molar refractivity (Wildman–Crippen MR) is 265 cm³/mol. The second kappa shape index (κ2) is 44.9. The van der Waals surface area contributed by atoms with E-state index in [1.54, 1.807) is 6.08 Å². The van der Waals surface area contributed by atoms with Crippen molar-refractivity contribution in [2.45, 2.75) is 257 Å². The van der Waals surface area contributed by atoms with E-state index in [0.29, 0.717) is 17.4 Å². The van der Waals surface area contributed by atoms with Crippen molar-refractivity contribution >= 4 is 13.7 Å². The highest BCUT2D eigenvalue weighted by atomic mass is 31.2. The Morgan fingerprint density at radius 3 is 1.34 bits per heavy atom. The molecule has 0 fully saturated rings. The lowest BCUT2D eigenvalue weighted by Crippen LogP contribution is -2.45. The van der Waals surface area contributed by atoms with Crippen LogP contribution in [0, 0.1) is 0 Å². The molecule has 0 aromatic carbocycles. The number of amides is 1. The van der Waals surface area contributed by atoms with E-state index in [-0.39, 0.29) is 19.1 Å². The molecule has 9 heteroatoms. The molecule has 0 saturated heterocycles. The second-order valence-corrected chi connectivity index (χ2v) is 20.6. The number of hydrogen-bond donors (Lipinski definition) is 2. The summed E-state index contributed by atoms with van der Waals surface area (Å²) < 4.78 is 23.2. The highest BCUT2D eigenvalue weighted by Crippen LogP contribution is 2.38. The van der Waals surface area contributed by atoms with Gasteiger partial charge in [-0.2, -0.15) is 0 Å². The molecule has 1 amide bonds. The summed E-state index contributed by atoms with van der Waals surface area (Å²) in [5, 5.41) is 13.7. The first-order chi connectivity index (χ1) is 30.0. The molecule has 8 nitrogen and oxygen atoms in total. The molecule has 0 aromatic heterocycles. The van der Waals surface area contributed by atoms with Crippen LogP contribution >= 0.6 is 7.82 Å². The Morgan fingerprint density at radius 1 is 0.565 bits per heavy atom. The number of rotatable bonds is 48. The van der Waals surface area contributed by atoms with Gasteiger partial charge in [0.25, 0.3) is 7.82 Å². The van der Waals surface area contributed by atoms with E-state index >= 15 is 0 Å². The fourth-order valence-corrected chi connectivity index (χ4v) is 8.38. The molecule has 0 rings (SSSR count). The van der Waals surface area contributed by atoms with Gasteiger partial charge < -0.3 is 28.8 Å². The Labute approximate surface area is 385 Å². The Bertz CT molecular complexity index is 1110. The summed E-state index contributed by atoms with van der Waals surface area (Å²) in [7, 11) is 1.26. The summed E-state index contributed by atoms with van der Waals surface area (Å²) in [6, 6.07) is -0.882. The topological polar surface area (TPSA) is 108 Å². The van der Waals surface area contributed by atoms with Crippen molar-refractivity contribution < 1.29 is 32.9 Å². The number of quaternary nitrogens is 1. The third-order valence-corrected chi connectivity index (χ3v) is 12.8. The number of carbonyl (C=O) groups is 1. The van der Waals surface area contributed by atoms with Gasteiger partial charge in [-0.1, -0.05) is 224 Å². The molecule has 2 N–H and O–H groups in total. The molecule has 0 bridgehead atoms. The Morgan fingerprint density at radius 2 is 0.935 bits per heavy atom. The highest BCUT2D eigenvalue weighted by Gasteiger charge is 2.23. The first-order valence-electron chi connectivity index (χ1n) is 26.4. The summed E-state index contributed by atoms with van der Waals surface area (Å²) in [5.74, 6) is -0.197. The Hall–Kier alpha value is -1.28. The molecule has 3 atom stereocenters. The van der Waals surface area contributed by atoms with Crippen LogP contribution in [0.2, 0.25) is 0 Å². The van der Waals surface area contributed by atoms with Crippen molar-refractivity contribution in [3.63, 3.8) is 0 Å². The van der Waals surface area contributed by atoms with E-state index in [0.717, 1.165) is 44.9 Å². The molecule has 62 heavy (non-hydrogen) atoms. The molecule has 0 aliphatic heterocycles. The van der Waals surface area contributed by atoms with Crippen molar-refractivity contribution in [3.05, 3.63) is 36.5 Å².